The molecule has 392 valence electrons. The lowest BCUT2D eigenvalue weighted by Crippen LogP contribution is -2.35. The number of nitrogens with one attached hydrogen (secondary N) is 3. The van der Waals surface area contributed by atoms with Crippen molar-refractivity contribution in [2.75, 3.05) is 26.2 Å². The van der Waals surface area contributed by atoms with Gasteiger partial charge in [0.25, 0.3) is 0 Å². The highest BCUT2D eigenvalue weighted by molar-refractivity contribution is 5.82. The van der Waals surface area contributed by atoms with E-state index < -0.39 is 0 Å². The SMILES string of the molecule is CCCCCCCCC=CCCCCCCCC(=O)NCCCNCCC(CNC(=O)CCCCCCCC=CCCCCCCCC)C(=O)CCCCCCCC=CCCCCCCCC. The molecule has 0 aliphatic rings. The maximum atomic E-state index is 13.4. The molecule has 0 rings (SSSR count). The quantitative estimate of drug-likeness (QED) is 0.0419. The lowest BCUT2D eigenvalue weighted by Gasteiger charge is -2.17. The standard InChI is InChI=1S/C61H115N3O3/c1-4-7-10-13-16-19-22-25-28-31-34-37-40-43-46-50-59(65)58(57-64-61(67)52-48-45-42-39-36-33-30-27-24-21-18-15-12-9-6-3)53-56-62-54-49-55-63-60(66)51-47-44-41-38-35-32-29-26-23-20-17-14-11-8-5-2/h25-30,58,62H,4-24,31-57H2,1-3H3,(H,63,66)(H,64,67). The van der Waals surface area contributed by atoms with Crippen LogP contribution < -0.4 is 16.0 Å². The predicted octanol–water partition coefficient (Wildman–Crippen LogP) is 17.9. The van der Waals surface area contributed by atoms with Crippen molar-refractivity contribution in [1.82, 2.24) is 16.0 Å². The number of ketones is 1. The van der Waals surface area contributed by atoms with Crippen LogP contribution in [-0.4, -0.2) is 43.8 Å². The molecule has 0 heterocycles. The summed E-state index contributed by atoms with van der Waals surface area (Å²) in [6.07, 6.45) is 66.5. The van der Waals surface area contributed by atoms with Crippen LogP contribution >= 0.6 is 0 Å². The largest absolute Gasteiger partial charge is 0.356 e. The van der Waals surface area contributed by atoms with Gasteiger partial charge in [0.15, 0.2) is 0 Å². The molecule has 1 unspecified atom stereocenters. The van der Waals surface area contributed by atoms with Crippen molar-refractivity contribution in [3.8, 4) is 0 Å². The number of hydrogen-bond donors (Lipinski definition) is 3. The number of carbonyl (C=O) groups is 3. The summed E-state index contributed by atoms with van der Waals surface area (Å²) in [5.74, 6) is 0.399. The van der Waals surface area contributed by atoms with E-state index in [0.29, 0.717) is 38.1 Å². The summed E-state index contributed by atoms with van der Waals surface area (Å²) in [5.41, 5.74) is 0. The zero-order valence-electron chi connectivity index (χ0n) is 45.2. The summed E-state index contributed by atoms with van der Waals surface area (Å²) in [7, 11) is 0. The van der Waals surface area contributed by atoms with Crippen molar-refractivity contribution in [1.29, 1.82) is 0 Å². The molecule has 0 fully saturated rings. The van der Waals surface area contributed by atoms with Crippen LogP contribution in [0.4, 0.5) is 0 Å². The Bertz CT molecular complexity index is 1130. The average Bonchev–Trinajstić information content (AvgIpc) is 3.33. The van der Waals surface area contributed by atoms with Gasteiger partial charge in [-0.05, 0) is 122 Å². The lowest BCUT2D eigenvalue weighted by molar-refractivity contribution is -0.124. The van der Waals surface area contributed by atoms with E-state index in [1.165, 1.54) is 212 Å². The summed E-state index contributed by atoms with van der Waals surface area (Å²) < 4.78 is 0. The summed E-state index contributed by atoms with van der Waals surface area (Å²) in [6.45, 7) is 9.51. The summed E-state index contributed by atoms with van der Waals surface area (Å²) in [5, 5.41) is 9.74. The van der Waals surface area contributed by atoms with Crippen LogP contribution in [-0.2, 0) is 14.4 Å². The van der Waals surface area contributed by atoms with Gasteiger partial charge in [-0.1, -0.05) is 211 Å². The van der Waals surface area contributed by atoms with Crippen molar-refractivity contribution >= 4 is 17.6 Å². The van der Waals surface area contributed by atoms with Crippen LogP contribution in [0.3, 0.4) is 0 Å². The van der Waals surface area contributed by atoms with E-state index in [2.05, 4.69) is 73.2 Å². The zero-order chi connectivity index (χ0) is 48.6. The van der Waals surface area contributed by atoms with Crippen molar-refractivity contribution in [3.63, 3.8) is 0 Å². The van der Waals surface area contributed by atoms with E-state index in [4.69, 9.17) is 0 Å². The van der Waals surface area contributed by atoms with Crippen LogP contribution in [0.15, 0.2) is 36.5 Å². The molecule has 0 aliphatic heterocycles. The van der Waals surface area contributed by atoms with Gasteiger partial charge in [0, 0.05) is 38.3 Å². The van der Waals surface area contributed by atoms with Crippen molar-refractivity contribution < 1.29 is 14.4 Å². The van der Waals surface area contributed by atoms with E-state index in [0.717, 1.165) is 64.5 Å². The Morgan fingerprint density at radius 1 is 0.328 bits per heavy atom. The minimum Gasteiger partial charge on any atom is -0.356 e. The number of carbonyl (C=O) groups excluding carboxylic acids is 3. The van der Waals surface area contributed by atoms with Gasteiger partial charge in [0.2, 0.25) is 11.8 Å². The normalized spacial score (nSPS) is 12.3. The molecular weight excluding hydrogens is 823 g/mol. The molecule has 0 aromatic heterocycles. The molecule has 0 aliphatic carbocycles. The molecule has 0 spiro atoms. The second-order valence-electron chi connectivity index (χ2n) is 20.2. The molecule has 1 atom stereocenters. The van der Waals surface area contributed by atoms with E-state index in [-0.39, 0.29) is 17.7 Å². The molecule has 2 amide bonds. The zero-order valence-corrected chi connectivity index (χ0v) is 45.2. The summed E-state index contributed by atoms with van der Waals surface area (Å²) in [6, 6.07) is 0. The van der Waals surface area contributed by atoms with Gasteiger partial charge in [0.05, 0.1) is 0 Å². The first kappa shape index (κ1) is 64.8. The highest BCUT2D eigenvalue weighted by Gasteiger charge is 2.19. The van der Waals surface area contributed by atoms with Gasteiger partial charge in [-0.25, -0.2) is 0 Å². The molecular formula is C61H115N3O3. The number of unbranched alkanes of at least 4 members (excludes halogenated alkanes) is 33. The van der Waals surface area contributed by atoms with Gasteiger partial charge in [-0.2, -0.15) is 0 Å². The Hall–Kier alpha value is -2.21. The minimum atomic E-state index is -0.145. The molecule has 0 saturated carbocycles. The third-order valence-corrected chi connectivity index (χ3v) is 13.5. The van der Waals surface area contributed by atoms with E-state index >= 15 is 0 Å². The van der Waals surface area contributed by atoms with Gasteiger partial charge in [-0.3, -0.25) is 14.4 Å². The molecule has 0 bridgehead atoms. The first-order valence-corrected chi connectivity index (χ1v) is 29.8. The topological polar surface area (TPSA) is 87.3 Å². The second-order valence-corrected chi connectivity index (χ2v) is 20.2. The van der Waals surface area contributed by atoms with Crippen molar-refractivity contribution in [3.05, 3.63) is 36.5 Å². The van der Waals surface area contributed by atoms with Gasteiger partial charge in [0.1, 0.15) is 5.78 Å². The molecule has 3 N–H and O–H groups in total. The number of hydrogen-bond acceptors (Lipinski definition) is 4. The Labute approximate surface area is 418 Å². The highest BCUT2D eigenvalue weighted by Crippen LogP contribution is 2.15. The van der Waals surface area contributed by atoms with Crippen LogP contribution in [0.1, 0.15) is 303 Å². The Morgan fingerprint density at radius 2 is 0.642 bits per heavy atom. The van der Waals surface area contributed by atoms with Crippen LogP contribution in [0.25, 0.3) is 0 Å². The third kappa shape index (κ3) is 53.0. The maximum absolute atomic E-state index is 13.4. The molecule has 6 heteroatoms. The Kier molecular flexibility index (Phi) is 54.5. The number of Topliss-reactive ketones (excluding diaryl/α,β-unsaturated/α-hetero) is 1. The first-order chi connectivity index (χ1) is 33.0. The monoisotopic (exact) mass is 938 g/mol. The molecule has 6 nitrogen and oxygen atoms in total. The van der Waals surface area contributed by atoms with Crippen LogP contribution in [0.5, 0.6) is 0 Å². The fourth-order valence-electron chi connectivity index (χ4n) is 8.92. The smallest absolute Gasteiger partial charge is 0.220 e. The van der Waals surface area contributed by atoms with Crippen LogP contribution in [0, 0.1) is 5.92 Å². The summed E-state index contributed by atoms with van der Waals surface area (Å²) >= 11 is 0. The third-order valence-electron chi connectivity index (χ3n) is 13.5. The van der Waals surface area contributed by atoms with Gasteiger partial charge >= 0.3 is 0 Å². The number of allylic oxidation sites excluding steroid dienone is 6. The van der Waals surface area contributed by atoms with Crippen molar-refractivity contribution in [2.45, 2.75) is 303 Å². The maximum Gasteiger partial charge on any atom is 0.220 e. The van der Waals surface area contributed by atoms with Gasteiger partial charge in [-0.15, -0.1) is 0 Å². The molecule has 67 heavy (non-hydrogen) atoms. The molecule has 0 aromatic rings. The first-order valence-electron chi connectivity index (χ1n) is 29.8. The molecule has 0 radical (unpaired) electrons. The molecule has 0 saturated heterocycles. The summed E-state index contributed by atoms with van der Waals surface area (Å²) in [4.78, 5) is 38.7. The predicted molar refractivity (Wildman–Crippen MR) is 295 cm³/mol. The van der Waals surface area contributed by atoms with Crippen molar-refractivity contribution in [2.24, 2.45) is 5.92 Å². The van der Waals surface area contributed by atoms with E-state index in [1.807, 2.05) is 0 Å². The number of rotatable bonds is 55. The van der Waals surface area contributed by atoms with Gasteiger partial charge < -0.3 is 16.0 Å². The Morgan fingerprint density at radius 3 is 1.01 bits per heavy atom. The molecule has 0 aromatic carbocycles. The average molecular weight is 939 g/mol. The van der Waals surface area contributed by atoms with Crippen LogP contribution in [0.2, 0.25) is 0 Å². The minimum absolute atomic E-state index is 0.0851. The fraction of sp³-hybridized carbons (Fsp3) is 0.852. The Balaban J connectivity index is 4.31. The fourth-order valence-corrected chi connectivity index (χ4v) is 8.92. The highest BCUT2D eigenvalue weighted by atomic mass is 16.2. The lowest BCUT2D eigenvalue weighted by atomic mass is 9.95. The van der Waals surface area contributed by atoms with E-state index in [1.54, 1.807) is 0 Å². The van der Waals surface area contributed by atoms with E-state index in [9.17, 15) is 14.4 Å². The number of amides is 2. The second kappa shape index (κ2) is 56.4.